The lowest BCUT2D eigenvalue weighted by molar-refractivity contribution is 0.295. The summed E-state index contributed by atoms with van der Waals surface area (Å²) in [5.74, 6) is 1.60. The van der Waals surface area contributed by atoms with Crippen LogP contribution in [-0.4, -0.2) is 29.1 Å². The molecule has 0 aliphatic carbocycles. The molecule has 0 aliphatic rings. The maximum Gasteiger partial charge on any atom is 0.282 e. The molecule has 0 atom stereocenters. The fourth-order valence-electron chi connectivity index (χ4n) is 2.75. The lowest BCUT2D eigenvalue weighted by atomic mass is 10.2. The minimum atomic E-state index is -0.249. The van der Waals surface area contributed by atoms with Crippen LogP contribution in [0.5, 0.6) is 11.5 Å². The molecule has 0 bridgehead atoms. The Kier molecular flexibility index (Phi) is 7.49. The summed E-state index contributed by atoms with van der Waals surface area (Å²) in [6, 6.07) is 7.18. The number of ether oxygens (including phenoxy) is 2. The second-order valence-corrected chi connectivity index (χ2v) is 8.64. The number of nitrogens with zero attached hydrogens (tertiary/aromatic N) is 3. The number of fused-ring (bicyclic) bond motifs is 1. The van der Waals surface area contributed by atoms with Gasteiger partial charge in [-0.2, -0.15) is 9.78 Å². The second-order valence-electron chi connectivity index (χ2n) is 6.14. The monoisotopic (exact) mass is 597 g/mol. The minimum absolute atomic E-state index is 0.249. The van der Waals surface area contributed by atoms with E-state index < -0.39 is 0 Å². The molecule has 0 fully saturated rings. The summed E-state index contributed by atoms with van der Waals surface area (Å²) in [7, 11) is 0. The first-order valence-electron chi connectivity index (χ1n) is 8.99. The van der Waals surface area contributed by atoms with E-state index in [1.165, 1.54) is 4.68 Å². The fourth-order valence-corrected chi connectivity index (χ4v) is 4.05. The molecule has 0 spiro atoms. The first-order valence-corrected chi connectivity index (χ1v) is 11.4. The van der Waals surface area contributed by atoms with Crippen LogP contribution in [0.4, 0.5) is 0 Å². The molecule has 156 valence electrons. The molecule has 0 unspecified atom stereocenters. The molecule has 3 aromatic rings. The predicted octanol–water partition coefficient (Wildman–Crippen LogP) is 5.84. The van der Waals surface area contributed by atoms with Crippen LogP contribution in [0, 0.1) is 6.92 Å². The van der Waals surface area contributed by atoms with Gasteiger partial charge in [0.1, 0.15) is 12.4 Å². The molecular formula is C21H18Br3N3O3. The third kappa shape index (κ3) is 4.68. The summed E-state index contributed by atoms with van der Waals surface area (Å²) < 4.78 is 14.9. The Labute approximate surface area is 199 Å². The van der Waals surface area contributed by atoms with E-state index in [1.54, 1.807) is 37.4 Å². The van der Waals surface area contributed by atoms with Gasteiger partial charge >= 0.3 is 0 Å². The lowest BCUT2D eigenvalue weighted by Crippen LogP contribution is -2.20. The van der Waals surface area contributed by atoms with E-state index in [1.807, 2.05) is 13.0 Å². The summed E-state index contributed by atoms with van der Waals surface area (Å²) >= 11 is 10.5. The van der Waals surface area contributed by atoms with Crippen molar-refractivity contribution in [2.75, 3.05) is 13.2 Å². The zero-order chi connectivity index (χ0) is 21.8. The Morgan fingerprint density at radius 3 is 2.67 bits per heavy atom. The van der Waals surface area contributed by atoms with Gasteiger partial charge in [0.05, 0.1) is 28.2 Å². The highest BCUT2D eigenvalue weighted by Gasteiger charge is 2.17. The predicted molar refractivity (Wildman–Crippen MR) is 130 cm³/mol. The third-order valence-electron chi connectivity index (χ3n) is 4.08. The van der Waals surface area contributed by atoms with Crippen LogP contribution >= 0.6 is 47.8 Å². The number of hydrogen-bond donors (Lipinski definition) is 0. The van der Waals surface area contributed by atoms with Crippen LogP contribution in [-0.2, 0) is 0 Å². The topological polar surface area (TPSA) is 65.7 Å². The van der Waals surface area contributed by atoms with Gasteiger partial charge in [0.15, 0.2) is 11.5 Å². The van der Waals surface area contributed by atoms with E-state index in [4.69, 9.17) is 9.47 Å². The van der Waals surface area contributed by atoms with E-state index in [0.29, 0.717) is 51.5 Å². The molecule has 0 saturated carbocycles. The van der Waals surface area contributed by atoms with Crippen molar-refractivity contribution < 1.29 is 9.47 Å². The molecule has 9 heteroatoms. The summed E-state index contributed by atoms with van der Waals surface area (Å²) in [6.45, 7) is 8.11. The summed E-state index contributed by atoms with van der Waals surface area (Å²) in [4.78, 5) is 17.4. The van der Waals surface area contributed by atoms with Gasteiger partial charge in [0, 0.05) is 14.5 Å². The van der Waals surface area contributed by atoms with Gasteiger partial charge in [-0.25, -0.2) is 4.98 Å². The minimum Gasteiger partial charge on any atom is -0.490 e. The Balaban J connectivity index is 2.10. The molecule has 6 nitrogen and oxygen atoms in total. The Morgan fingerprint density at radius 2 is 1.97 bits per heavy atom. The van der Waals surface area contributed by atoms with E-state index in [-0.39, 0.29) is 5.56 Å². The Morgan fingerprint density at radius 1 is 1.20 bits per heavy atom. The first-order chi connectivity index (χ1) is 14.4. The Hall–Kier alpha value is -1.97. The number of aromatic nitrogens is 2. The third-order valence-corrected chi connectivity index (χ3v) is 6.72. The molecule has 0 radical (unpaired) electrons. The van der Waals surface area contributed by atoms with Crippen LogP contribution in [0.15, 0.2) is 60.2 Å². The van der Waals surface area contributed by atoms with Crippen LogP contribution in [0.25, 0.3) is 10.9 Å². The molecule has 0 saturated heterocycles. The normalized spacial score (nSPS) is 11.2. The molecule has 1 heterocycles. The number of aryl methyl sites for hydroxylation is 1. The van der Waals surface area contributed by atoms with Crippen LogP contribution in [0.3, 0.4) is 0 Å². The highest BCUT2D eigenvalue weighted by atomic mass is 79.9. The molecular weight excluding hydrogens is 582 g/mol. The molecule has 2 aromatic carbocycles. The molecule has 1 aromatic heterocycles. The molecule has 30 heavy (non-hydrogen) atoms. The second kappa shape index (κ2) is 9.89. The zero-order valence-corrected chi connectivity index (χ0v) is 21.0. The quantitative estimate of drug-likeness (QED) is 0.253. The van der Waals surface area contributed by atoms with E-state index in [0.717, 1.165) is 8.95 Å². The smallest absolute Gasteiger partial charge is 0.282 e. The van der Waals surface area contributed by atoms with Gasteiger partial charge in [-0.3, -0.25) is 4.79 Å². The lowest BCUT2D eigenvalue weighted by Gasteiger charge is -2.15. The SMILES string of the molecule is C=CCOc1c(OCC)cc(C=Nn2c(C)nc3ccc(Br)cc3c2=O)c(Br)c1Br. The van der Waals surface area contributed by atoms with E-state index in [9.17, 15) is 4.79 Å². The number of halogens is 3. The van der Waals surface area contributed by atoms with E-state index in [2.05, 4.69) is 64.5 Å². The summed E-state index contributed by atoms with van der Waals surface area (Å²) in [6.07, 6.45) is 3.24. The number of rotatable bonds is 7. The highest BCUT2D eigenvalue weighted by Crippen LogP contribution is 2.42. The largest absolute Gasteiger partial charge is 0.490 e. The van der Waals surface area contributed by atoms with Gasteiger partial charge in [-0.15, -0.1) is 0 Å². The molecule has 0 amide bonds. The van der Waals surface area contributed by atoms with Crippen LogP contribution < -0.4 is 15.0 Å². The maximum absolute atomic E-state index is 12.9. The fraction of sp³-hybridized carbons (Fsp3) is 0.190. The molecule has 3 rings (SSSR count). The van der Waals surface area contributed by atoms with Crippen molar-refractivity contribution in [3.05, 3.63) is 72.1 Å². The average Bonchev–Trinajstić information content (AvgIpc) is 2.72. The average molecular weight is 600 g/mol. The van der Waals surface area contributed by atoms with Crippen molar-refractivity contribution in [3.63, 3.8) is 0 Å². The van der Waals surface area contributed by atoms with Gasteiger partial charge < -0.3 is 9.47 Å². The first kappa shape index (κ1) is 22.7. The highest BCUT2D eigenvalue weighted by molar-refractivity contribution is 9.13. The zero-order valence-electron chi connectivity index (χ0n) is 16.3. The Bertz CT molecular complexity index is 1210. The maximum atomic E-state index is 12.9. The van der Waals surface area contributed by atoms with Crippen molar-refractivity contribution in [3.8, 4) is 11.5 Å². The van der Waals surface area contributed by atoms with E-state index >= 15 is 0 Å². The number of benzene rings is 2. The van der Waals surface area contributed by atoms with Crippen molar-refractivity contribution in [2.24, 2.45) is 5.10 Å². The summed E-state index contributed by atoms with van der Waals surface area (Å²) in [5.41, 5.74) is 1.08. The van der Waals surface area contributed by atoms with Gasteiger partial charge in [-0.05, 0) is 70.0 Å². The van der Waals surface area contributed by atoms with Crippen molar-refractivity contribution >= 4 is 64.9 Å². The van der Waals surface area contributed by atoms with Gasteiger partial charge in [0.25, 0.3) is 5.56 Å². The van der Waals surface area contributed by atoms with Crippen LogP contribution in [0.2, 0.25) is 0 Å². The summed E-state index contributed by atoms with van der Waals surface area (Å²) in [5, 5.41) is 4.87. The molecule has 0 N–H and O–H groups in total. The van der Waals surface area contributed by atoms with Crippen molar-refractivity contribution in [2.45, 2.75) is 13.8 Å². The van der Waals surface area contributed by atoms with Gasteiger partial charge in [-0.1, -0.05) is 28.6 Å². The van der Waals surface area contributed by atoms with Gasteiger partial charge in [0.2, 0.25) is 0 Å². The number of hydrogen-bond acceptors (Lipinski definition) is 5. The van der Waals surface area contributed by atoms with Crippen molar-refractivity contribution in [1.29, 1.82) is 0 Å². The standard InChI is InChI=1S/C21H18Br3N3O3/c1-4-8-30-20-17(29-5-2)9-13(18(23)19(20)24)11-25-27-12(3)26-16-7-6-14(22)10-15(16)21(27)28/h4,6-7,9-11H,1,5,8H2,2-3H3. The molecule has 0 aliphatic heterocycles. The van der Waals surface area contributed by atoms with Crippen LogP contribution in [0.1, 0.15) is 18.3 Å². The van der Waals surface area contributed by atoms with Crippen molar-refractivity contribution in [1.82, 2.24) is 9.66 Å².